The van der Waals surface area contributed by atoms with Crippen molar-refractivity contribution in [3.05, 3.63) is 95.3 Å². The van der Waals surface area contributed by atoms with Crippen LogP contribution >= 0.6 is 0 Å². The number of nitrogens with two attached hydrogens (primary N) is 1. The van der Waals surface area contributed by atoms with Crippen molar-refractivity contribution in [2.75, 3.05) is 0 Å². The van der Waals surface area contributed by atoms with Crippen LogP contribution in [0.15, 0.2) is 72.8 Å². The van der Waals surface area contributed by atoms with Crippen LogP contribution in [-0.4, -0.2) is 0 Å². The van der Waals surface area contributed by atoms with Crippen LogP contribution in [0.2, 0.25) is 0 Å². The molecule has 6 heteroatoms. The third-order valence-electron chi connectivity index (χ3n) is 4.09. The van der Waals surface area contributed by atoms with Gasteiger partial charge in [-0.15, -0.1) is 0 Å². The van der Waals surface area contributed by atoms with Crippen LogP contribution in [0.5, 0.6) is 11.5 Å². The van der Waals surface area contributed by atoms with Gasteiger partial charge in [-0.05, 0) is 66.1 Å². The van der Waals surface area contributed by atoms with Crippen molar-refractivity contribution in [2.24, 2.45) is 5.73 Å². The molecular formula is C21H17F4NO. The summed E-state index contributed by atoms with van der Waals surface area (Å²) in [5.74, 6) is 0.510. The van der Waals surface area contributed by atoms with Gasteiger partial charge in [-0.1, -0.05) is 24.3 Å². The van der Waals surface area contributed by atoms with Crippen LogP contribution in [0, 0.1) is 5.82 Å². The van der Waals surface area contributed by atoms with Crippen molar-refractivity contribution in [1.29, 1.82) is 0 Å². The average Bonchev–Trinajstić information content (AvgIpc) is 2.64. The topological polar surface area (TPSA) is 35.2 Å². The Kier molecular flexibility index (Phi) is 5.46. The third kappa shape index (κ3) is 5.08. The van der Waals surface area contributed by atoms with Crippen LogP contribution < -0.4 is 10.5 Å². The minimum atomic E-state index is -4.37. The molecule has 0 bridgehead atoms. The van der Waals surface area contributed by atoms with E-state index in [2.05, 4.69) is 0 Å². The van der Waals surface area contributed by atoms with E-state index < -0.39 is 11.7 Å². The molecule has 0 aliphatic rings. The molecule has 0 spiro atoms. The lowest BCUT2D eigenvalue weighted by atomic mass is 10.00. The highest BCUT2D eigenvalue weighted by Crippen LogP contribution is 2.31. The molecule has 0 aliphatic carbocycles. The molecule has 3 aromatic carbocycles. The fraction of sp³-hybridized carbons (Fsp3) is 0.143. The van der Waals surface area contributed by atoms with Crippen molar-refractivity contribution in [2.45, 2.75) is 18.6 Å². The average molecular weight is 375 g/mol. The number of ether oxygens (including phenoxy) is 1. The highest BCUT2D eigenvalue weighted by molar-refractivity contribution is 5.36. The Bertz CT molecular complexity index is 872. The minimum absolute atomic E-state index is 0.268. The summed E-state index contributed by atoms with van der Waals surface area (Å²) in [6.07, 6.45) is -3.82. The van der Waals surface area contributed by atoms with Gasteiger partial charge in [0.2, 0.25) is 0 Å². The Balaban J connectivity index is 1.63. The monoisotopic (exact) mass is 375 g/mol. The summed E-state index contributed by atoms with van der Waals surface area (Å²) in [5, 5.41) is 0. The molecule has 0 saturated heterocycles. The first-order chi connectivity index (χ1) is 12.8. The molecule has 2 N–H and O–H groups in total. The summed E-state index contributed by atoms with van der Waals surface area (Å²) in [5.41, 5.74) is 7.26. The zero-order chi connectivity index (χ0) is 19.4. The Morgan fingerprint density at radius 3 is 1.81 bits per heavy atom. The Morgan fingerprint density at radius 2 is 1.30 bits per heavy atom. The molecule has 0 heterocycles. The van der Waals surface area contributed by atoms with Gasteiger partial charge in [0.05, 0.1) is 5.56 Å². The highest BCUT2D eigenvalue weighted by atomic mass is 19.4. The van der Waals surface area contributed by atoms with Crippen molar-refractivity contribution in [1.82, 2.24) is 0 Å². The van der Waals surface area contributed by atoms with Gasteiger partial charge >= 0.3 is 6.18 Å². The van der Waals surface area contributed by atoms with E-state index in [9.17, 15) is 17.6 Å². The molecule has 1 unspecified atom stereocenters. The van der Waals surface area contributed by atoms with Crippen LogP contribution in [0.1, 0.15) is 22.7 Å². The first kappa shape index (κ1) is 18.9. The largest absolute Gasteiger partial charge is 0.457 e. The number of rotatable bonds is 5. The molecule has 1 atom stereocenters. The van der Waals surface area contributed by atoms with Gasteiger partial charge in [-0.25, -0.2) is 4.39 Å². The van der Waals surface area contributed by atoms with Crippen LogP contribution in [0.4, 0.5) is 17.6 Å². The maximum absolute atomic E-state index is 12.9. The number of hydrogen-bond acceptors (Lipinski definition) is 2. The molecule has 0 radical (unpaired) electrons. The lowest BCUT2D eigenvalue weighted by molar-refractivity contribution is -0.137. The van der Waals surface area contributed by atoms with Gasteiger partial charge in [0.25, 0.3) is 0 Å². The lowest BCUT2D eigenvalue weighted by Crippen LogP contribution is -2.13. The molecule has 27 heavy (non-hydrogen) atoms. The minimum Gasteiger partial charge on any atom is -0.457 e. The summed E-state index contributed by atoms with van der Waals surface area (Å²) in [6.45, 7) is 0. The Morgan fingerprint density at radius 1 is 0.778 bits per heavy atom. The van der Waals surface area contributed by atoms with Crippen molar-refractivity contribution < 1.29 is 22.3 Å². The van der Waals surface area contributed by atoms with Crippen LogP contribution in [-0.2, 0) is 12.6 Å². The van der Waals surface area contributed by atoms with Crippen molar-refractivity contribution >= 4 is 0 Å². The molecule has 0 aromatic heterocycles. The van der Waals surface area contributed by atoms with E-state index in [0.29, 0.717) is 17.9 Å². The molecule has 2 nitrogen and oxygen atoms in total. The second-order valence-electron chi connectivity index (χ2n) is 6.13. The van der Waals surface area contributed by atoms with Gasteiger partial charge in [0.15, 0.2) is 0 Å². The van der Waals surface area contributed by atoms with Gasteiger partial charge in [0.1, 0.15) is 17.3 Å². The SMILES string of the molecule is NC(Cc1ccc(F)cc1)c1ccc(Oc2ccc(C(F)(F)F)cc2)cc1. The molecule has 140 valence electrons. The van der Waals surface area contributed by atoms with Gasteiger partial charge in [-0.2, -0.15) is 13.2 Å². The molecular weight excluding hydrogens is 358 g/mol. The summed E-state index contributed by atoms with van der Waals surface area (Å²) < 4.78 is 56.2. The van der Waals surface area contributed by atoms with Crippen LogP contribution in [0.25, 0.3) is 0 Å². The van der Waals surface area contributed by atoms with E-state index in [1.165, 1.54) is 24.3 Å². The molecule has 0 fully saturated rings. The quantitative estimate of drug-likeness (QED) is 0.565. The van der Waals surface area contributed by atoms with Crippen LogP contribution in [0.3, 0.4) is 0 Å². The van der Waals surface area contributed by atoms with Crippen molar-refractivity contribution in [3.63, 3.8) is 0 Å². The molecule has 3 rings (SSSR count). The normalized spacial score (nSPS) is 12.6. The summed E-state index contributed by atoms with van der Waals surface area (Å²) in [4.78, 5) is 0. The summed E-state index contributed by atoms with van der Waals surface area (Å²) >= 11 is 0. The number of hydrogen-bond donors (Lipinski definition) is 1. The summed E-state index contributed by atoms with van der Waals surface area (Å²) in [7, 11) is 0. The lowest BCUT2D eigenvalue weighted by Gasteiger charge is -2.13. The van der Waals surface area contributed by atoms with E-state index >= 15 is 0 Å². The number of halogens is 4. The third-order valence-corrected chi connectivity index (χ3v) is 4.09. The number of benzene rings is 3. The maximum Gasteiger partial charge on any atom is 0.416 e. The zero-order valence-electron chi connectivity index (χ0n) is 14.2. The second-order valence-corrected chi connectivity index (χ2v) is 6.13. The highest BCUT2D eigenvalue weighted by Gasteiger charge is 2.30. The van der Waals surface area contributed by atoms with Gasteiger partial charge in [0, 0.05) is 6.04 Å². The zero-order valence-corrected chi connectivity index (χ0v) is 14.2. The molecule has 0 amide bonds. The Labute approximate surface area is 154 Å². The molecule has 0 aliphatic heterocycles. The van der Waals surface area contributed by atoms with Gasteiger partial charge < -0.3 is 10.5 Å². The first-order valence-electron chi connectivity index (χ1n) is 8.26. The van der Waals surface area contributed by atoms with Gasteiger partial charge in [-0.3, -0.25) is 0 Å². The number of alkyl halides is 3. The summed E-state index contributed by atoms with van der Waals surface area (Å²) in [6, 6.07) is 17.4. The van der Waals surface area contributed by atoms with E-state index in [1.54, 1.807) is 36.4 Å². The molecule has 3 aromatic rings. The first-order valence-corrected chi connectivity index (χ1v) is 8.26. The van der Waals surface area contributed by atoms with E-state index in [4.69, 9.17) is 10.5 Å². The predicted molar refractivity (Wildman–Crippen MR) is 95.0 cm³/mol. The predicted octanol–water partition coefficient (Wildman–Crippen LogP) is 5.88. The fourth-order valence-electron chi connectivity index (χ4n) is 2.62. The van der Waals surface area contributed by atoms with Crippen molar-refractivity contribution in [3.8, 4) is 11.5 Å². The standard InChI is InChI=1S/C21H17F4NO/c22-17-7-1-14(2-8-17)13-20(26)15-3-9-18(10-4-15)27-19-11-5-16(6-12-19)21(23,24)25/h1-12,20H,13,26H2. The fourth-order valence-corrected chi connectivity index (χ4v) is 2.62. The Hall–Kier alpha value is -2.86. The smallest absolute Gasteiger partial charge is 0.416 e. The van der Waals surface area contributed by atoms with E-state index in [0.717, 1.165) is 23.3 Å². The van der Waals surface area contributed by atoms with E-state index in [1.807, 2.05) is 0 Å². The maximum atomic E-state index is 12.9. The second kappa shape index (κ2) is 7.80. The van der Waals surface area contributed by atoms with E-state index in [-0.39, 0.29) is 11.9 Å². The molecule has 0 saturated carbocycles.